The van der Waals surface area contributed by atoms with Crippen LogP contribution >= 0.6 is 0 Å². The zero-order valence-corrected chi connectivity index (χ0v) is 6.31. The van der Waals surface area contributed by atoms with Crippen LogP contribution in [0.2, 0.25) is 0 Å². The second kappa shape index (κ2) is 2.58. The molecule has 1 fully saturated rings. The van der Waals surface area contributed by atoms with Crippen molar-refractivity contribution in [2.45, 2.75) is 19.8 Å². The smallest absolute Gasteiger partial charge is 0.220 e. The van der Waals surface area contributed by atoms with Crippen LogP contribution in [0.1, 0.15) is 19.8 Å². The summed E-state index contributed by atoms with van der Waals surface area (Å²) in [7, 11) is 0. The third-order valence-electron chi connectivity index (χ3n) is 2.38. The first-order valence-corrected chi connectivity index (χ1v) is 3.69. The summed E-state index contributed by atoms with van der Waals surface area (Å²) in [5.41, 5.74) is 5.62. The molecule has 0 aromatic carbocycles. The van der Waals surface area contributed by atoms with E-state index < -0.39 is 0 Å². The van der Waals surface area contributed by atoms with E-state index in [9.17, 15) is 4.79 Å². The number of carbonyl (C=O) groups excluding carboxylic acids is 1. The lowest BCUT2D eigenvalue weighted by molar-refractivity contribution is -0.119. The highest BCUT2D eigenvalue weighted by molar-refractivity contribution is 5.79. The van der Waals surface area contributed by atoms with Gasteiger partial charge in [-0.3, -0.25) is 4.79 Å². The van der Waals surface area contributed by atoms with Crippen molar-refractivity contribution < 1.29 is 4.79 Å². The Balaban J connectivity index is 2.59. The highest BCUT2D eigenvalue weighted by atomic mass is 16.1. The predicted molar refractivity (Wildman–Crippen MR) is 39.4 cm³/mol. The van der Waals surface area contributed by atoms with Gasteiger partial charge in [-0.15, -0.1) is 0 Å². The van der Waals surface area contributed by atoms with Crippen molar-refractivity contribution in [3.63, 3.8) is 0 Å². The average Bonchev–Trinajstić information content (AvgIpc) is 2.33. The van der Waals surface area contributed by atoms with E-state index in [-0.39, 0.29) is 11.3 Å². The Morgan fingerprint density at radius 2 is 2.50 bits per heavy atom. The van der Waals surface area contributed by atoms with E-state index in [2.05, 4.69) is 12.2 Å². The third kappa shape index (κ3) is 1.14. The first-order valence-electron chi connectivity index (χ1n) is 3.69. The number of rotatable bonds is 2. The Hall–Kier alpha value is -0.570. The zero-order chi connectivity index (χ0) is 7.61. The molecule has 0 aromatic heterocycles. The Labute approximate surface area is 61.0 Å². The summed E-state index contributed by atoms with van der Waals surface area (Å²) < 4.78 is 0. The van der Waals surface area contributed by atoms with Crippen LogP contribution in [-0.4, -0.2) is 19.0 Å². The van der Waals surface area contributed by atoms with E-state index in [4.69, 9.17) is 5.73 Å². The molecular formula is C7H14N2O. The summed E-state index contributed by atoms with van der Waals surface area (Å²) >= 11 is 0. The Morgan fingerprint density at radius 3 is 2.70 bits per heavy atom. The quantitative estimate of drug-likeness (QED) is 0.564. The molecule has 10 heavy (non-hydrogen) atoms. The van der Waals surface area contributed by atoms with Gasteiger partial charge in [0.05, 0.1) is 0 Å². The van der Waals surface area contributed by atoms with Crippen LogP contribution < -0.4 is 11.1 Å². The molecule has 1 heterocycles. The molecule has 58 valence electrons. The molecule has 3 N–H and O–H groups in total. The van der Waals surface area contributed by atoms with E-state index in [0.29, 0.717) is 13.0 Å². The van der Waals surface area contributed by atoms with Gasteiger partial charge in [-0.1, -0.05) is 6.92 Å². The highest BCUT2D eigenvalue weighted by Crippen LogP contribution is 2.27. The van der Waals surface area contributed by atoms with Crippen molar-refractivity contribution in [2.75, 3.05) is 13.1 Å². The molecule has 0 aliphatic carbocycles. The van der Waals surface area contributed by atoms with Crippen LogP contribution in [0.3, 0.4) is 0 Å². The second-order valence-corrected chi connectivity index (χ2v) is 3.01. The molecule has 3 heteroatoms. The molecule has 0 bridgehead atoms. The van der Waals surface area contributed by atoms with Crippen molar-refractivity contribution >= 4 is 5.91 Å². The molecule has 0 radical (unpaired) electrons. The molecular weight excluding hydrogens is 128 g/mol. The molecule has 1 rings (SSSR count). The zero-order valence-electron chi connectivity index (χ0n) is 6.31. The minimum Gasteiger partial charge on any atom is -0.355 e. The molecule has 1 aliphatic heterocycles. The van der Waals surface area contributed by atoms with Crippen molar-refractivity contribution in [2.24, 2.45) is 11.1 Å². The Morgan fingerprint density at radius 1 is 1.80 bits per heavy atom. The van der Waals surface area contributed by atoms with Gasteiger partial charge in [0.15, 0.2) is 0 Å². The number of nitrogens with two attached hydrogens (primary N) is 1. The number of hydrogen-bond acceptors (Lipinski definition) is 2. The van der Waals surface area contributed by atoms with Gasteiger partial charge in [-0.2, -0.15) is 0 Å². The summed E-state index contributed by atoms with van der Waals surface area (Å²) in [4.78, 5) is 10.8. The Bertz CT molecular complexity index is 141. The van der Waals surface area contributed by atoms with Gasteiger partial charge in [-0.25, -0.2) is 0 Å². The monoisotopic (exact) mass is 142 g/mol. The summed E-state index contributed by atoms with van der Waals surface area (Å²) in [6, 6.07) is 0. The molecule has 0 aromatic rings. The maximum Gasteiger partial charge on any atom is 0.220 e. The van der Waals surface area contributed by atoms with Crippen molar-refractivity contribution in [3.8, 4) is 0 Å². The first-order chi connectivity index (χ1) is 4.72. The van der Waals surface area contributed by atoms with Gasteiger partial charge >= 0.3 is 0 Å². The second-order valence-electron chi connectivity index (χ2n) is 3.01. The lowest BCUT2D eigenvalue weighted by Crippen LogP contribution is -2.31. The van der Waals surface area contributed by atoms with Crippen molar-refractivity contribution in [1.29, 1.82) is 0 Å². The SMILES string of the molecule is CCC1(CN)CNC(=O)C1. The average molecular weight is 142 g/mol. The molecule has 1 atom stereocenters. The van der Waals surface area contributed by atoms with Crippen LogP contribution in [0.5, 0.6) is 0 Å². The number of amides is 1. The van der Waals surface area contributed by atoms with Gasteiger partial charge in [0.2, 0.25) is 5.91 Å². The van der Waals surface area contributed by atoms with E-state index in [1.54, 1.807) is 0 Å². The van der Waals surface area contributed by atoms with Crippen LogP contribution in [0, 0.1) is 5.41 Å². The van der Waals surface area contributed by atoms with Crippen molar-refractivity contribution in [1.82, 2.24) is 5.32 Å². The minimum absolute atomic E-state index is 0.0666. The predicted octanol–water partition coefficient (Wildman–Crippen LogP) is -0.139. The lowest BCUT2D eigenvalue weighted by Gasteiger charge is -2.22. The van der Waals surface area contributed by atoms with Crippen LogP contribution in [0.4, 0.5) is 0 Å². The fourth-order valence-electron chi connectivity index (χ4n) is 1.29. The van der Waals surface area contributed by atoms with Gasteiger partial charge in [-0.05, 0) is 6.42 Å². The van der Waals surface area contributed by atoms with Crippen LogP contribution in [0.25, 0.3) is 0 Å². The summed E-state index contributed by atoms with van der Waals surface area (Å²) in [5.74, 6) is 0.146. The van der Waals surface area contributed by atoms with Gasteiger partial charge in [0.1, 0.15) is 0 Å². The fourth-order valence-corrected chi connectivity index (χ4v) is 1.29. The summed E-state index contributed by atoms with van der Waals surface area (Å²) in [6.07, 6.45) is 1.60. The number of nitrogens with one attached hydrogen (secondary N) is 1. The Kier molecular flexibility index (Phi) is 1.94. The third-order valence-corrected chi connectivity index (χ3v) is 2.38. The molecule has 0 spiro atoms. The molecule has 1 unspecified atom stereocenters. The maximum absolute atomic E-state index is 10.8. The van der Waals surface area contributed by atoms with Gasteiger partial charge < -0.3 is 11.1 Å². The van der Waals surface area contributed by atoms with Gasteiger partial charge in [0.25, 0.3) is 0 Å². The topological polar surface area (TPSA) is 55.1 Å². The largest absolute Gasteiger partial charge is 0.355 e. The molecule has 3 nitrogen and oxygen atoms in total. The first kappa shape index (κ1) is 7.54. The van der Waals surface area contributed by atoms with Gasteiger partial charge in [0, 0.05) is 24.9 Å². The van der Waals surface area contributed by atoms with Crippen LogP contribution in [-0.2, 0) is 4.79 Å². The minimum atomic E-state index is 0.0666. The molecule has 0 saturated carbocycles. The van der Waals surface area contributed by atoms with Crippen molar-refractivity contribution in [3.05, 3.63) is 0 Å². The fraction of sp³-hybridized carbons (Fsp3) is 0.857. The maximum atomic E-state index is 10.8. The normalized spacial score (nSPS) is 32.4. The number of hydrogen-bond donors (Lipinski definition) is 2. The van der Waals surface area contributed by atoms with Crippen LogP contribution in [0.15, 0.2) is 0 Å². The standard InChI is InChI=1S/C7H14N2O/c1-2-7(4-8)3-6(10)9-5-7/h2-5,8H2,1H3,(H,9,10). The number of carbonyl (C=O) groups is 1. The van der Waals surface area contributed by atoms with E-state index in [1.165, 1.54) is 0 Å². The molecule has 1 saturated heterocycles. The lowest BCUT2D eigenvalue weighted by atomic mass is 9.84. The molecule has 1 amide bonds. The molecule has 1 aliphatic rings. The summed E-state index contributed by atoms with van der Waals surface area (Å²) in [6.45, 7) is 3.45. The summed E-state index contributed by atoms with van der Waals surface area (Å²) in [5, 5.41) is 2.79. The van der Waals surface area contributed by atoms with E-state index >= 15 is 0 Å². The highest BCUT2D eigenvalue weighted by Gasteiger charge is 2.35. The van der Waals surface area contributed by atoms with E-state index in [1.807, 2.05) is 0 Å². The van der Waals surface area contributed by atoms with E-state index in [0.717, 1.165) is 13.0 Å².